The van der Waals surface area contributed by atoms with Gasteiger partial charge >= 0.3 is 6.18 Å². The highest BCUT2D eigenvalue weighted by Gasteiger charge is 2.27. The predicted molar refractivity (Wildman–Crippen MR) is 103 cm³/mol. The fourth-order valence-corrected chi connectivity index (χ4v) is 2.41. The first kappa shape index (κ1) is 22.4. The molecule has 0 aliphatic heterocycles. The van der Waals surface area contributed by atoms with Gasteiger partial charge in [0.2, 0.25) is 5.95 Å². The van der Waals surface area contributed by atoms with Crippen molar-refractivity contribution in [3.8, 4) is 11.1 Å². The molecular formula is C18H23F3N6O2. The van der Waals surface area contributed by atoms with Crippen LogP contribution in [0.5, 0.6) is 0 Å². The molecule has 11 heteroatoms. The fraction of sp³-hybridized carbons (Fsp3) is 0.389. The Hall–Kier alpha value is -2.92. The smallest absolute Gasteiger partial charge is 0.398 e. The van der Waals surface area contributed by atoms with Crippen molar-refractivity contribution in [3.05, 3.63) is 36.2 Å². The van der Waals surface area contributed by atoms with Crippen molar-refractivity contribution >= 4 is 17.5 Å². The van der Waals surface area contributed by atoms with E-state index in [1.54, 1.807) is 19.9 Å². The first-order valence-corrected chi connectivity index (χ1v) is 8.62. The molecule has 2 aromatic rings. The van der Waals surface area contributed by atoms with Gasteiger partial charge in [-0.3, -0.25) is 9.80 Å². The van der Waals surface area contributed by atoms with Crippen molar-refractivity contribution in [1.29, 1.82) is 0 Å². The average molecular weight is 412 g/mol. The number of nitrogen functional groups attached to an aromatic ring is 1. The Balaban J connectivity index is 2.21. The van der Waals surface area contributed by atoms with Gasteiger partial charge < -0.3 is 16.2 Å². The Kier molecular flexibility index (Phi) is 6.65. The van der Waals surface area contributed by atoms with E-state index in [4.69, 9.17) is 11.6 Å². The summed E-state index contributed by atoms with van der Waals surface area (Å²) in [7, 11) is 0. The van der Waals surface area contributed by atoms with Crippen LogP contribution in [-0.4, -0.2) is 51.9 Å². The average Bonchev–Trinajstić information content (AvgIpc) is 2.66. The number of aliphatic hydroxyl groups is 1. The molecule has 1 amide bonds. The number of carbonyl (C=O) groups is 1. The number of alkyl halides is 3. The molecule has 0 saturated carbocycles. The third kappa shape index (κ3) is 6.29. The summed E-state index contributed by atoms with van der Waals surface area (Å²) in [4.78, 5) is 20.4. The Labute approximate surface area is 165 Å². The summed E-state index contributed by atoms with van der Waals surface area (Å²) in [6.45, 7) is 2.21. The molecule has 1 aromatic carbocycles. The molecule has 0 spiro atoms. The number of benzene rings is 1. The summed E-state index contributed by atoms with van der Waals surface area (Å²) in [5.41, 5.74) is 6.70. The molecule has 1 aromatic heterocycles. The van der Waals surface area contributed by atoms with Crippen molar-refractivity contribution in [3.63, 3.8) is 0 Å². The van der Waals surface area contributed by atoms with Gasteiger partial charge in [0.25, 0.3) is 5.91 Å². The van der Waals surface area contributed by atoms with Crippen molar-refractivity contribution in [2.45, 2.75) is 20.0 Å². The van der Waals surface area contributed by atoms with Crippen LogP contribution in [0.25, 0.3) is 11.1 Å². The van der Waals surface area contributed by atoms with Crippen molar-refractivity contribution < 1.29 is 23.1 Å². The van der Waals surface area contributed by atoms with E-state index in [9.17, 15) is 23.1 Å². The molecule has 0 unspecified atom stereocenters. The maximum Gasteiger partial charge on any atom is 0.405 e. The summed E-state index contributed by atoms with van der Waals surface area (Å²) in [5, 5.41) is 12.4. The molecule has 6 N–H and O–H groups in total. The first-order chi connectivity index (χ1) is 13.4. The molecule has 0 radical (unpaired) electrons. The van der Waals surface area contributed by atoms with E-state index in [1.165, 1.54) is 24.5 Å². The number of aromatic nitrogens is 2. The van der Waals surface area contributed by atoms with Gasteiger partial charge in [-0.05, 0) is 17.7 Å². The lowest BCUT2D eigenvalue weighted by molar-refractivity contribution is -0.115. The molecule has 0 bridgehead atoms. The molecule has 0 fully saturated rings. The third-order valence-electron chi connectivity index (χ3n) is 4.00. The normalized spacial score (nSPS) is 12.0. The number of nitrogens with zero attached hydrogens (tertiary/aromatic N) is 3. The zero-order chi connectivity index (χ0) is 21.8. The predicted octanol–water partition coefficient (Wildman–Crippen LogP) is 2.03. The minimum Gasteiger partial charge on any atom is -0.398 e. The molecular weight excluding hydrogens is 389 g/mol. The van der Waals surface area contributed by atoms with Gasteiger partial charge in [0.05, 0.1) is 5.56 Å². The molecule has 0 atom stereocenters. The zero-order valence-electron chi connectivity index (χ0n) is 16.0. The zero-order valence-corrected chi connectivity index (χ0v) is 16.0. The topological polar surface area (TPSA) is 130 Å². The quantitative estimate of drug-likeness (QED) is 0.237. The number of hydrogen-bond acceptors (Lipinski definition) is 7. The van der Waals surface area contributed by atoms with Crippen LogP contribution in [0.1, 0.15) is 24.2 Å². The van der Waals surface area contributed by atoms with Gasteiger partial charge in [-0.1, -0.05) is 19.9 Å². The summed E-state index contributed by atoms with van der Waals surface area (Å²) in [6, 6.07) is 4.65. The maximum atomic E-state index is 12.7. The van der Waals surface area contributed by atoms with Gasteiger partial charge in [0.15, 0.2) is 0 Å². The lowest BCUT2D eigenvalue weighted by atomic mass is 9.94. The van der Waals surface area contributed by atoms with Crippen molar-refractivity contribution in [2.75, 3.05) is 30.7 Å². The van der Waals surface area contributed by atoms with Gasteiger partial charge in [-0.25, -0.2) is 15.8 Å². The number of nitrogens with one attached hydrogen (secondary N) is 1. The summed E-state index contributed by atoms with van der Waals surface area (Å²) in [6.07, 6.45) is -1.71. The molecule has 0 aliphatic rings. The molecule has 8 nitrogen and oxygen atoms in total. The van der Waals surface area contributed by atoms with Crippen LogP contribution in [-0.2, 0) is 0 Å². The Morgan fingerprint density at radius 2 is 1.83 bits per heavy atom. The van der Waals surface area contributed by atoms with Gasteiger partial charge in [-0.15, -0.1) is 0 Å². The largest absolute Gasteiger partial charge is 0.405 e. The lowest BCUT2D eigenvalue weighted by Gasteiger charge is -2.28. The van der Waals surface area contributed by atoms with Gasteiger partial charge in [0, 0.05) is 42.2 Å². The number of aliphatic hydroxyl groups excluding tert-OH is 1. The molecule has 29 heavy (non-hydrogen) atoms. The molecule has 0 aliphatic carbocycles. The summed E-state index contributed by atoms with van der Waals surface area (Å²) in [5.74, 6) is 5.15. The Morgan fingerprint density at radius 3 is 2.38 bits per heavy atom. The number of carbonyl (C=O) groups excluding carboxylic acids is 1. The Morgan fingerprint density at radius 1 is 1.21 bits per heavy atom. The van der Waals surface area contributed by atoms with Crippen LogP contribution in [0, 0.1) is 5.41 Å². The highest BCUT2D eigenvalue weighted by Crippen LogP contribution is 2.25. The minimum absolute atomic E-state index is 0.106. The van der Waals surface area contributed by atoms with Crippen LogP contribution >= 0.6 is 0 Å². The second kappa shape index (κ2) is 8.62. The standard InChI is InChI=1S/C18H23F3N6O2/c1-17(2,10-28)9-27(23)15(29)13-5-11(3-4-14(13)22)12-6-24-16(25-7-12)26-8-18(19,20)21/h3-7,28H,8-10,22-23H2,1-2H3,(H,24,25,26). The lowest BCUT2D eigenvalue weighted by Crippen LogP contribution is -2.45. The first-order valence-electron chi connectivity index (χ1n) is 8.62. The number of anilines is 2. The number of nitrogens with two attached hydrogens (primary N) is 2. The number of halogens is 3. The van der Waals surface area contributed by atoms with E-state index in [0.29, 0.717) is 11.1 Å². The highest BCUT2D eigenvalue weighted by atomic mass is 19.4. The highest BCUT2D eigenvalue weighted by molar-refractivity contribution is 6.00. The van der Waals surface area contributed by atoms with Gasteiger partial charge in [-0.2, -0.15) is 13.2 Å². The maximum absolute atomic E-state index is 12.7. The fourth-order valence-electron chi connectivity index (χ4n) is 2.41. The second-order valence-electron chi connectivity index (χ2n) is 7.32. The third-order valence-corrected chi connectivity index (χ3v) is 4.00. The molecule has 2 rings (SSSR count). The van der Waals surface area contributed by atoms with Crippen LogP contribution in [0.2, 0.25) is 0 Å². The van der Waals surface area contributed by atoms with E-state index >= 15 is 0 Å². The van der Waals surface area contributed by atoms with Crippen molar-refractivity contribution in [2.24, 2.45) is 11.3 Å². The monoisotopic (exact) mass is 412 g/mol. The summed E-state index contributed by atoms with van der Waals surface area (Å²) < 4.78 is 36.7. The number of hydrazine groups is 1. The second-order valence-corrected chi connectivity index (χ2v) is 7.32. The molecule has 158 valence electrons. The molecule has 1 heterocycles. The van der Waals surface area contributed by atoms with E-state index in [1.807, 2.05) is 0 Å². The number of amides is 1. The molecule has 0 saturated heterocycles. The van der Waals surface area contributed by atoms with E-state index in [-0.39, 0.29) is 30.4 Å². The van der Waals surface area contributed by atoms with Crippen LogP contribution in [0.3, 0.4) is 0 Å². The number of rotatable bonds is 7. The van der Waals surface area contributed by atoms with Crippen LogP contribution in [0.15, 0.2) is 30.6 Å². The van der Waals surface area contributed by atoms with E-state index in [2.05, 4.69) is 15.3 Å². The Bertz CT molecular complexity index is 856. The SMILES string of the molecule is CC(C)(CO)CN(N)C(=O)c1cc(-c2cnc(NCC(F)(F)F)nc2)ccc1N. The van der Waals surface area contributed by atoms with Crippen molar-refractivity contribution in [1.82, 2.24) is 15.0 Å². The number of hydrogen-bond donors (Lipinski definition) is 4. The van der Waals surface area contributed by atoms with E-state index < -0.39 is 24.0 Å². The van der Waals surface area contributed by atoms with Crippen LogP contribution in [0.4, 0.5) is 24.8 Å². The summed E-state index contributed by atoms with van der Waals surface area (Å²) >= 11 is 0. The van der Waals surface area contributed by atoms with E-state index in [0.717, 1.165) is 5.01 Å². The minimum atomic E-state index is -4.38. The van der Waals surface area contributed by atoms with Gasteiger partial charge in [0.1, 0.15) is 6.54 Å². The van der Waals surface area contributed by atoms with Crippen LogP contribution < -0.4 is 16.9 Å².